The molecule has 4 rings (SSSR count). The first-order chi connectivity index (χ1) is 14.4. The number of likely N-dealkylation sites (N-methyl/N-ethyl adjacent to an activating group) is 1. The fourth-order valence-corrected chi connectivity index (χ4v) is 4.01. The summed E-state index contributed by atoms with van der Waals surface area (Å²) in [7, 11) is 1.62. The molecule has 2 aromatic rings. The van der Waals surface area contributed by atoms with Gasteiger partial charge in [-0.15, -0.1) is 0 Å². The van der Waals surface area contributed by atoms with Crippen molar-refractivity contribution in [2.24, 2.45) is 0 Å². The van der Waals surface area contributed by atoms with Crippen LogP contribution in [0.5, 0.6) is 0 Å². The first kappa shape index (κ1) is 20.1. The number of pyridine rings is 1. The van der Waals surface area contributed by atoms with Gasteiger partial charge >= 0.3 is 0 Å². The van der Waals surface area contributed by atoms with Gasteiger partial charge in [0.2, 0.25) is 5.91 Å². The lowest BCUT2D eigenvalue weighted by molar-refractivity contribution is -0.133. The van der Waals surface area contributed by atoms with Crippen LogP contribution in [-0.4, -0.2) is 56.0 Å². The van der Waals surface area contributed by atoms with E-state index in [1.165, 1.54) is 15.6 Å². The highest BCUT2D eigenvalue weighted by molar-refractivity contribution is 6.01. The van der Waals surface area contributed by atoms with Crippen LogP contribution in [0.1, 0.15) is 59.3 Å². The first-order valence-electron chi connectivity index (χ1n) is 10.2. The standard InChI is InChI=1S/C21H26N6O3/c1-21(20(30)24-14-7-3-4-8-14)13-27-17(19(29)26(21)2)11-16(25-27)18(28)23-12-15-9-5-6-10-22-15/h5-6,9-11,14H,3-4,7-8,12-13H2,1-2H3,(H,23,28)(H,24,30). The predicted octanol–water partition coefficient (Wildman–Crippen LogP) is 1.11. The third-order valence-corrected chi connectivity index (χ3v) is 6.07. The van der Waals surface area contributed by atoms with Crippen molar-refractivity contribution < 1.29 is 14.4 Å². The number of fused-ring (bicyclic) bond motifs is 1. The van der Waals surface area contributed by atoms with Gasteiger partial charge in [0.1, 0.15) is 11.2 Å². The molecule has 1 aliphatic carbocycles. The van der Waals surface area contributed by atoms with Gasteiger partial charge in [0.15, 0.2) is 5.69 Å². The Morgan fingerprint density at radius 2 is 2.03 bits per heavy atom. The molecule has 30 heavy (non-hydrogen) atoms. The van der Waals surface area contributed by atoms with Crippen molar-refractivity contribution in [1.29, 1.82) is 0 Å². The van der Waals surface area contributed by atoms with Crippen molar-refractivity contribution in [3.8, 4) is 0 Å². The van der Waals surface area contributed by atoms with Crippen molar-refractivity contribution in [1.82, 2.24) is 30.3 Å². The predicted molar refractivity (Wildman–Crippen MR) is 109 cm³/mol. The van der Waals surface area contributed by atoms with Gasteiger partial charge in [0.25, 0.3) is 11.8 Å². The van der Waals surface area contributed by atoms with Crippen molar-refractivity contribution in [2.75, 3.05) is 7.05 Å². The van der Waals surface area contributed by atoms with E-state index in [0.717, 1.165) is 31.4 Å². The lowest BCUT2D eigenvalue weighted by Crippen LogP contribution is -2.63. The number of rotatable bonds is 5. The number of nitrogens with one attached hydrogen (secondary N) is 2. The van der Waals surface area contributed by atoms with Gasteiger partial charge in [-0.25, -0.2) is 0 Å². The highest BCUT2D eigenvalue weighted by atomic mass is 16.2. The Bertz CT molecular complexity index is 966. The Balaban J connectivity index is 1.50. The summed E-state index contributed by atoms with van der Waals surface area (Å²) in [5.41, 5.74) is 0.0944. The molecule has 0 saturated heterocycles. The molecular formula is C21H26N6O3. The SMILES string of the molecule is CN1C(=O)c2cc(C(=O)NCc3ccccn3)nn2CC1(C)C(=O)NC1CCCC1. The second-order valence-electron chi connectivity index (χ2n) is 8.17. The van der Waals surface area contributed by atoms with E-state index >= 15 is 0 Å². The summed E-state index contributed by atoms with van der Waals surface area (Å²) in [5, 5.41) is 10.2. The number of amides is 3. The second-order valence-corrected chi connectivity index (χ2v) is 8.17. The molecule has 9 nitrogen and oxygen atoms in total. The quantitative estimate of drug-likeness (QED) is 0.768. The van der Waals surface area contributed by atoms with E-state index in [-0.39, 0.29) is 36.6 Å². The molecule has 0 radical (unpaired) electrons. The molecule has 2 aliphatic rings. The maximum Gasteiger partial charge on any atom is 0.272 e. The molecular weight excluding hydrogens is 384 g/mol. The molecule has 2 N–H and O–H groups in total. The lowest BCUT2D eigenvalue weighted by Gasteiger charge is -2.41. The number of hydrogen-bond donors (Lipinski definition) is 2. The van der Waals surface area contributed by atoms with E-state index in [1.807, 2.05) is 12.1 Å². The Hall–Kier alpha value is -3.23. The highest BCUT2D eigenvalue weighted by Crippen LogP contribution is 2.27. The normalized spacial score (nSPS) is 21.4. The van der Waals surface area contributed by atoms with Crippen molar-refractivity contribution in [3.05, 3.63) is 47.5 Å². The molecule has 1 saturated carbocycles. The first-order valence-corrected chi connectivity index (χ1v) is 10.2. The van der Waals surface area contributed by atoms with Gasteiger partial charge < -0.3 is 15.5 Å². The van der Waals surface area contributed by atoms with E-state index in [1.54, 1.807) is 26.2 Å². The minimum atomic E-state index is -1.07. The zero-order valence-electron chi connectivity index (χ0n) is 17.2. The van der Waals surface area contributed by atoms with Gasteiger partial charge in [0, 0.05) is 25.4 Å². The van der Waals surface area contributed by atoms with E-state index in [0.29, 0.717) is 5.69 Å². The molecule has 1 atom stereocenters. The molecule has 0 spiro atoms. The van der Waals surface area contributed by atoms with Crippen molar-refractivity contribution in [3.63, 3.8) is 0 Å². The molecule has 0 aromatic carbocycles. The molecule has 1 aliphatic heterocycles. The molecule has 2 aromatic heterocycles. The third kappa shape index (κ3) is 3.67. The molecule has 3 amide bonds. The van der Waals surface area contributed by atoms with E-state index in [9.17, 15) is 14.4 Å². The van der Waals surface area contributed by atoms with Crippen LogP contribution in [0.15, 0.2) is 30.5 Å². The van der Waals surface area contributed by atoms with Crippen molar-refractivity contribution >= 4 is 17.7 Å². The van der Waals surface area contributed by atoms with Crippen LogP contribution < -0.4 is 10.6 Å². The lowest BCUT2D eigenvalue weighted by atomic mass is 9.95. The summed E-state index contributed by atoms with van der Waals surface area (Å²) in [6.07, 6.45) is 5.80. The average molecular weight is 410 g/mol. The van der Waals surface area contributed by atoms with Crippen LogP contribution in [0.2, 0.25) is 0 Å². The highest BCUT2D eigenvalue weighted by Gasteiger charge is 2.46. The second kappa shape index (κ2) is 7.89. The van der Waals surface area contributed by atoms with Gasteiger partial charge in [-0.3, -0.25) is 24.0 Å². The smallest absolute Gasteiger partial charge is 0.272 e. The van der Waals surface area contributed by atoms with Gasteiger partial charge in [-0.2, -0.15) is 5.10 Å². The average Bonchev–Trinajstić information content (AvgIpc) is 3.41. The van der Waals surface area contributed by atoms with E-state index in [2.05, 4.69) is 20.7 Å². The molecule has 3 heterocycles. The Labute approximate surface area is 174 Å². The molecule has 158 valence electrons. The fourth-order valence-electron chi connectivity index (χ4n) is 4.01. The van der Waals surface area contributed by atoms with Gasteiger partial charge in [0.05, 0.1) is 18.8 Å². The monoisotopic (exact) mass is 410 g/mol. The number of carbonyl (C=O) groups is 3. The number of carbonyl (C=O) groups excluding carboxylic acids is 3. The summed E-state index contributed by atoms with van der Waals surface area (Å²) in [4.78, 5) is 44.1. The van der Waals surface area contributed by atoms with Gasteiger partial charge in [-0.1, -0.05) is 18.9 Å². The maximum absolute atomic E-state index is 13.0. The number of nitrogens with zero attached hydrogens (tertiary/aromatic N) is 4. The van der Waals surface area contributed by atoms with E-state index < -0.39 is 11.4 Å². The molecule has 1 unspecified atom stereocenters. The summed E-state index contributed by atoms with van der Waals surface area (Å²) in [6.45, 7) is 2.19. The Morgan fingerprint density at radius 1 is 1.27 bits per heavy atom. The summed E-state index contributed by atoms with van der Waals surface area (Å²) in [6, 6.07) is 7.09. The Morgan fingerprint density at radius 3 is 2.73 bits per heavy atom. The Kier molecular flexibility index (Phi) is 5.27. The molecule has 1 fully saturated rings. The van der Waals surface area contributed by atoms with Crippen molar-refractivity contribution in [2.45, 2.75) is 57.3 Å². The summed E-state index contributed by atoms with van der Waals surface area (Å²) < 4.78 is 1.46. The van der Waals surface area contributed by atoms with Gasteiger partial charge in [-0.05, 0) is 31.9 Å². The zero-order chi connectivity index (χ0) is 21.3. The number of hydrogen-bond acceptors (Lipinski definition) is 5. The topological polar surface area (TPSA) is 109 Å². The van der Waals surface area contributed by atoms with Crippen LogP contribution in [-0.2, 0) is 17.9 Å². The number of aromatic nitrogens is 3. The minimum absolute atomic E-state index is 0.142. The third-order valence-electron chi connectivity index (χ3n) is 6.07. The van der Waals surface area contributed by atoms with E-state index in [4.69, 9.17) is 0 Å². The van der Waals surface area contributed by atoms with Crippen LogP contribution >= 0.6 is 0 Å². The molecule has 9 heteroatoms. The van der Waals surface area contributed by atoms with Crippen LogP contribution in [0, 0.1) is 0 Å². The largest absolute Gasteiger partial charge is 0.351 e. The molecule has 0 bridgehead atoms. The zero-order valence-corrected chi connectivity index (χ0v) is 17.2. The summed E-state index contributed by atoms with van der Waals surface area (Å²) in [5.74, 6) is -0.913. The van der Waals surface area contributed by atoms with Crippen LogP contribution in [0.3, 0.4) is 0 Å². The maximum atomic E-state index is 13.0. The summed E-state index contributed by atoms with van der Waals surface area (Å²) >= 11 is 0. The fraction of sp³-hybridized carbons (Fsp3) is 0.476. The van der Waals surface area contributed by atoms with Crippen LogP contribution in [0.4, 0.5) is 0 Å². The van der Waals surface area contributed by atoms with Crippen LogP contribution in [0.25, 0.3) is 0 Å². The minimum Gasteiger partial charge on any atom is -0.351 e.